The van der Waals surface area contributed by atoms with E-state index in [-0.39, 0.29) is 17.8 Å². The summed E-state index contributed by atoms with van der Waals surface area (Å²) in [4.78, 5) is 24.7. The Morgan fingerprint density at radius 2 is 1.83 bits per heavy atom. The number of hydrogen-bond donors (Lipinski definition) is 1. The van der Waals surface area contributed by atoms with Gasteiger partial charge in [-0.25, -0.2) is 4.79 Å². The molecule has 0 spiro atoms. The van der Waals surface area contributed by atoms with Crippen LogP contribution >= 0.6 is 0 Å². The lowest BCUT2D eigenvalue weighted by Gasteiger charge is -2.56. The standard InChI is InChI=1S/C24H32O6/c1-15-7-10-21(3,4)8-6-9-22(5)17(12-18(15)25)13-23-16(2)11-19(26)29-24(23,30-22)14-20(27)28-23/h6-8,11,17-18,25H,9-10,12-14H2,1-5H3/b8-6-,15-7-/t17-,18+,22+,23+,24-/m1/s1. The number of fused-ring (bicyclic) bond motifs is 1. The Hall–Kier alpha value is -1.92. The van der Waals surface area contributed by atoms with Crippen LogP contribution in [-0.2, 0) is 23.8 Å². The second-order valence-corrected chi connectivity index (χ2v) is 10.3. The average Bonchev–Trinajstić information content (AvgIpc) is 2.89. The van der Waals surface area contributed by atoms with Crippen molar-refractivity contribution in [1.29, 1.82) is 0 Å². The Labute approximate surface area is 177 Å². The highest BCUT2D eigenvalue weighted by Gasteiger charge is 2.73. The van der Waals surface area contributed by atoms with E-state index in [0.717, 1.165) is 12.0 Å². The third-order valence-corrected chi connectivity index (χ3v) is 7.39. The Kier molecular flexibility index (Phi) is 4.83. The predicted octanol–water partition coefficient (Wildman–Crippen LogP) is 3.74. The van der Waals surface area contributed by atoms with Crippen LogP contribution in [0.4, 0.5) is 0 Å². The van der Waals surface area contributed by atoms with Gasteiger partial charge in [-0.15, -0.1) is 0 Å². The highest BCUT2D eigenvalue weighted by Crippen LogP contribution is 2.59. The molecule has 2 saturated heterocycles. The number of carbonyl (C=O) groups is 2. The number of aliphatic hydroxyl groups excluding tert-OH is 1. The summed E-state index contributed by atoms with van der Waals surface area (Å²) in [7, 11) is 0. The molecule has 30 heavy (non-hydrogen) atoms. The van der Waals surface area contributed by atoms with Gasteiger partial charge in [0.05, 0.1) is 11.7 Å². The molecule has 3 aliphatic heterocycles. The summed E-state index contributed by atoms with van der Waals surface area (Å²) < 4.78 is 18.1. The lowest BCUT2D eigenvalue weighted by Crippen LogP contribution is -2.68. The van der Waals surface area contributed by atoms with Gasteiger partial charge >= 0.3 is 11.9 Å². The maximum atomic E-state index is 12.4. The topological polar surface area (TPSA) is 82.1 Å². The lowest BCUT2D eigenvalue weighted by molar-refractivity contribution is -0.351. The van der Waals surface area contributed by atoms with Gasteiger partial charge < -0.3 is 19.3 Å². The van der Waals surface area contributed by atoms with Crippen LogP contribution in [0.5, 0.6) is 0 Å². The number of rotatable bonds is 0. The van der Waals surface area contributed by atoms with E-state index >= 15 is 0 Å². The molecule has 0 aromatic carbocycles. The third-order valence-electron chi connectivity index (χ3n) is 7.39. The van der Waals surface area contributed by atoms with Gasteiger partial charge in [-0.1, -0.05) is 32.1 Å². The summed E-state index contributed by atoms with van der Waals surface area (Å²) in [6.07, 6.45) is 9.36. The average molecular weight is 417 g/mol. The summed E-state index contributed by atoms with van der Waals surface area (Å²) in [5, 5.41) is 11.0. The van der Waals surface area contributed by atoms with Crippen LogP contribution in [0, 0.1) is 11.3 Å². The van der Waals surface area contributed by atoms with E-state index in [1.807, 2.05) is 13.8 Å². The van der Waals surface area contributed by atoms with Crippen molar-refractivity contribution in [1.82, 2.24) is 0 Å². The van der Waals surface area contributed by atoms with E-state index < -0.39 is 35.0 Å². The molecule has 0 amide bonds. The SMILES string of the molecule is CC1=CC(=O)O[C@@]23CC(=O)O[C@@]12C[C@H]1C[C@H](O)/C(C)=C\CC(C)(C)/C=C\C[C@]1(C)O3. The third kappa shape index (κ3) is 3.25. The molecule has 0 aromatic rings. The van der Waals surface area contributed by atoms with Gasteiger partial charge in [0.1, 0.15) is 6.42 Å². The number of carbonyl (C=O) groups excluding carboxylic acids is 2. The molecule has 1 N–H and O–H groups in total. The zero-order valence-electron chi connectivity index (χ0n) is 18.5. The number of hydrogen-bond acceptors (Lipinski definition) is 6. The van der Waals surface area contributed by atoms with E-state index in [1.54, 1.807) is 6.92 Å². The highest BCUT2D eigenvalue weighted by atomic mass is 16.8. The first-order chi connectivity index (χ1) is 13.9. The monoisotopic (exact) mass is 416 g/mol. The van der Waals surface area contributed by atoms with Gasteiger partial charge in [0.15, 0.2) is 5.60 Å². The van der Waals surface area contributed by atoms with E-state index in [1.165, 1.54) is 6.08 Å². The number of aliphatic hydroxyl groups is 1. The fourth-order valence-corrected chi connectivity index (χ4v) is 5.38. The Morgan fingerprint density at radius 3 is 2.57 bits per heavy atom. The van der Waals surface area contributed by atoms with Gasteiger partial charge in [0.25, 0.3) is 5.79 Å². The molecule has 6 heteroatoms. The fraction of sp³-hybridized carbons (Fsp3) is 0.667. The molecular formula is C24H32O6. The summed E-state index contributed by atoms with van der Waals surface area (Å²) in [5.41, 5.74) is -0.354. The van der Waals surface area contributed by atoms with E-state index in [9.17, 15) is 14.7 Å². The molecule has 0 saturated carbocycles. The van der Waals surface area contributed by atoms with Crippen LogP contribution in [0.2, 0.25) is 0 Å². The molecular weight excluding hydrogens is 384 g/mol. The number of allylic oxidation sites excluding steroid dienone is 2. The maximum Gasteiger partial charge on any atom is 0.333 e. The molecule has 6 nitrogen and oxygen atoms in total. The van der Waals surface area contributed by atoms with Crippen molar-refractivity contribution in [2.75, 3.05) is 0 Å². The first kappa shape index (κ1) is 21.3. The fourth-order valence-electron chi connectivity index (χ4n) is 5.38. The minimum absolute atomic E-state index is 0.0586. The molecule has 4 aliphatic rings. The van der Waals surface area contributed by atoms with Gasteiger partial charge in [0.2, 0.25) is 0 Å². The van der Waals surface area contributed by atoms with Gasteiger partial charge in [-0.3, -0.25) is 4.79 Å². The second kappa shape index (κ2) is 6.79. The van der Waals surface area contributed by atoms with Crippen molar-refractivity contribution in [2.45, 2.75) is 89.8 Å². The van der Waals surface area contributed by atoms with E-state index in [0.29, 0.717) is 24.8 Å². The van der Waals surface area contributed by atoms with Crippen LogP contribution in [0.25, 0.3) is 0 Å². The Bertz CT molecular complexity index is 867. The summed E-state index contributed by atoms with van der Waals surface area (Å²) >= 11 is 0. The van der Waals surface area contributed by atoms with E-state index in [2.05, 4.69) is 32.1 Å². The highest BCUT2D eigenvalue weighted by molar-refractivity contribution is 5.87. The maximum absolute atomic E-state index is 12.4. The smallest absolute Gasteiger partial charge is 0.333 e. The van der Waals surface area contributed by atoms with Crippen molar-refractivity contribution in [2.24, 2.45) is 11.3 Å². The van der Waals surface area contributed by atoms with Crippen LogP contribution in [-0.4, -0.2) is 40.1 Å². The molecule has 0 aromatic heterocycles. The second-order valence-electron chi connectivity index (χ2n) is 10.3. The minimum atomic E-state index is -1.45. The predicted molar refractivity (Wildman–Crippen MR) is 110 cm³/mol. The molecule has 3 heterocycles. The van der Waals surface area contributed by atoms with Crippen molar-refractivity contribution in [3.05, 3.63) is 35.5 Å². The molecule has 4 rings (SSSR count). The first-order valence-corrected chi connectivity index (χ1v) is 10.8. The van der Waals surface area contributed by atoms with Crippen LogP contribution in [0.1, 0.15) is 66.7 Å². The van der Waals surface area contributed by atoms with Gasteiger partial charge in [-0.2, -0.15) is 0 Å². The number of ether oxygens (including phenoxy) is 3. The molecule has 0 bridgehead atoms. The summed E-state index contributed by atoms with van der Waals surface area (Å²) in [6.45, 7) is 10.0. The normalized spacial score (nSPS) is 45.9. The molecule has 1 aliphatic carbocycles. The summed E-state index contributed by atoms with van der Waals surface area (Å²) in [5.74, 6) is -2.52. The molecule has 2 fully saturated rings. The molecule has 0 unspecified atom stereocenters. The van der Waals surface area contributed by atoms with E-state index in [4.69, 9.17) is 14.2 Å². The minimum Gasteiger partial charge on any atom is -0.447 e. The lowest BCUT2D eigenvalue weighted by atomic mass is 9.66. The van der Waals surface area contributed by atoms with Crippen LogP contribution in [0.3, 0.4) is 0 Å². The van der Waals surface area contributed by atoms with Gasteiger partial charge in [0, 0.05) is 12.5 Å². The molecule has 5 atom stereocenters. The number of esters is 2. The van der Waals surface area contributed by atoms with Crippen LogP contribution in [0.15, 0.2) is 35.5 Å². The van der Waals surface area contributed by atoms with Crippen molar-refractivity contribution in [3.8, 4) is 0 Å². The van der Waals surface area contributed by atoms with Gasteiger partial charge in [-0.05, 0) is 62.5 Å². The molecule has 164 valence electrons. The zero-order valence-corrected chi connectivity index (χ0v) is 18.5. The molecule has 0 radical (unpaired) electrons. The first-order valence-electron chi connectivity index (χ1n) is 10.8. The quantitative estimate of drug-likeness (QED) is 0.479. The van der Waals surface area contributed by atoms with Crippen LogP contribution < -0.4 is 0 Å². The largest absolute Gasteiger partial charge is 0.447 e. The zero-order chi connectivity index (χ0) is 21.9. The van der Waals surface area contributed by atoms with Crippen molar-refractivity contribution < 1.29 is 28.9 Å². The van der Waals surface area contributed by atoms with Crippen molar-refractivity contribution >= 4 is 11.9 Å². The van der Waals surface area contributed by atoms with Crippen molar-refractivity contribution in [3.63, 3.8) is 0 Å². The Morgan fingerprint density at radius 1 is 1.10 bits per heavy atom. The summed E-state index contributed by atoms with van der Waals surface area (Å²) in [6, 6.07) is 0. The Balaban J connectivity index is 1.80.